The van der Waals surface area contributed by atoms with Crippen molar-refractivity contribution in [1.82, 2.24) is 19.5 Å². The SMILES string of the molecule is CC(C(=O)O)c1nc2c(N)nc3cccnc3c2n1CC(C)(C)F. The molecule has 0 spiro atoms. The summed E-state index contributed by atoms with van der Waals surface area (Å²) in [6, 6.07) is 3.47. The zero-order chi connectivity index (χ0) is 17.6. The lowest BCUT2D eigenvalue weighted by Gasteiger charge is -2.19. The third kappa shape index (κ3) is 2.64. The van der Waals surface area contributed by atoms with Gasteiger partial charge in [0, 0.05) is 6.20 Å². The average Bonchev–Trinajstić information content (AvgIpc) is 2.85. The molecule has 0 saturated carbocycles. The predicted octanol–water partition coefficient (Wildman–Crippen LogP) is 2.50. The minimum Gasteiger partial charge on any atom is -0.481 e. The maximum atomic E-state index is 14.4. The zero-order valence-electron chi connectivity index (χ0n) is 13.6. The van der Waals surface area contributed by atoms with Gasteiger partial charge < -0.3 is 15.4 Å². The minimum atomic E-state index is -1.57. The Kier molecular flexibility index (Phi) is 3.62. The molecule has 0 fully saturated rings. The number of fused-ring (bicyclic) bond motifs is 3. The van der Waals surface area contributed by atoms with Gasteiger partial charge in [-0.25, -0.2) is 14.4 Å². The van der Waals surface area contributed by atoms with E-state index in [1.54, 1.807) is 22.9 Å². The van der Waals surface area contributed by atoms with Crippen molar-refractivity contribution >= 4 is 33.9 Å². The zero-order valence-corrected chi connectivity index (χ0v) is 13.6. The molecule has 24 heavy (non-hydrogen) atoms. The van der Waals surface area contributed by atoms with Crippen LogP contribution in [0.3, 0.4) is 0 Å². The van der Waals surface area contributed by atoms with Crippen molar-refractivity contribution in [3.8, 4) is 0 Å². The van der Waals surface area contributed by atoms with Gasteiger partial charge in [-0.15, -0.1) is 0 Å². The molecule has 0 saturated heterocycles. The van der Waals surface area contributed by atoms with E-state index >= 15 is 0 Å². The first-order valence-electron chi connectivity index (χ1n) is 7.51. The lowest BCUT2D eigenvalue weighted by atomic mass is 10.1. The third-order valence-electron chi connectivity index (χ3n) is 3.78. The van der Waals surface area contributed by atoms with Gasteiger partial charge in [-0.1, -0.05) is 0 Å². The molecule has 8 heteroatoms. The Bertz CT molecular complexity index is 945. The second-order valence-corrected chi connectivity index (χ2v) is 6.40. The molecule has 0 aliphatic carbocycles. The first kappa shape index (κ1) is 16.1. The summed E-state index contributed by atoms with van der Waals surface area (Å²) in [6.45, 7) is 4.29. The maximum Gasteiger partial charge on any atom is 0.313 e. The van der Waals surface area contributed by atoms with Crippen molar-refractivity contribution in [1.29, 1.82) is 0 Å². The van der Waals surface area contributed by atoms with E-state index in [1.807, 2.05) is 0 Å². The number of carbonyl (C=O) groups is 1. The Balaban J connectivity index is 2.44. The average molecular weight is 331 g/mol. The number of aliphatic carboxylic acids is 1. The molecule has 0 amide bonds. The molecule has 0 aliphatic heterocycles. The number of hydrogen-bond donors (Lipinski definition) is 2. The number of rotatable bonds is 4. The highest BCUT2D eigenvalue weighted by Crippen LogP contribution is 2.31. The number of nitrogens with zero attached hydrogens (tertiary/aromatic N) is 4. The van der Waals surface area contributed by atoms with E-state index in [9.17, 15) is 14.3 Å². The van der Waals surface area contributed by atoms with Gasteiger partial charge in [0.15, 0.2) is 5.82 Å². The third-order valence-corrected chi connectivity index (χ3v) is 3.78. The van der Waals surface area contributed by atoms with E-state index in [2.05, 4.69) is 15.0 Å². The Morgan fingerprint density at radius 1 is 1.42 bits per heavy atom. The molecule has 1 unspecified atom stereocenters. The molecular formula is C16H18FN5O2. The molecule has 3 heterocycles. The number of aromatic nitrogens is 4. The number of pyridine rings is 2. The number of nitrogen functional groups attached to an aromatic ring is 1. The van der Waals surface area contributed by atoms with Crippen LogP contribution >= 0.6 is 0 Å². The lowest BCUT2D eigenvalue weighted by molar-refractivity contribution is -0.138. The number of hydrogen-bond acceptors (Lipinski definition) is 5. The molecule has 3 aromatic heterocycles. The Morgan fingerprint density at radius 2 is 2.12 bits per heavy atom. The monoisotopic (exact) mass is 331 g/mol. The highest BCUT2D eigenvalue weighted by atomic mass is 19.1. The van der Waals surface area contributed by atoms with Crippen LogP contribution in [0, 0.1) is 0 Å². The molecule has 3 rings (SSSR count). The predicted molar refractivity (Wildman–Crippen MR) is 88.5 cm³/mol. The molecule has 126 valence electrons. The largest absolute Gasteiger partial charge is 0.481 e. The number of nitrogens with two attached hydrogens (primary N) is 1. The van der Waals surface area contributed by atoms with Gasteiger partial charge in [0.2, 0.25) is 0 Å². The van der Waals surface area contributed by atoms with Crippen molar-refractivity contribution in [2.24, 2.45) is 0 Å². The summed E-state index contributed by atoms with van der Waals surface area (Å²) in [5.41, 5.74) is 6.33. The van der Waals surface area contributed by atoms with Crippen LogP contribution in [0.2, 0.25) is 0 Å². The van der Waals surface area contributed by atoms with E-state index in [0.29, 0.717) is 22.1 Å². The van der Waals surface area contributed by atoms with Crippen LogP contribution in [0.5, 0.6) is 0 Å². The van der Waals surface area contributed by atoms with Gasteiger partial charge in [-0.05, 0) is 32.9 Å². The van der Waals surface area contributed by atoms with Crippen molar-refractivity contribution < 1.29 is 14.3 Å². The fourth-order valence-electron chi connectivity index (χ4n) is 2.72. The second-order valence-electron chi connectivity index (χ2n) is 6.40. The van der Waals surface area contributed by atoms with E-state index in [1.165, 1.54) is 20.8 Å². The Morgan fingerprint density at radius 3 is 2.75 bits per heavy atom. The summed E-state index contributed by atoms with van der Waals surface area (Å²) >= 11 is 0. The van der Waals surface area contributed by atoms with Gasteiger partial charge in [-0.3, -0.25) is 9.78 Å². The van der Waals surface area contributed by atoms with Crippen molar-refractivity contribution in [3.63, 3.8) is 0 Å². The van der Waals surface area contributed by atoms with Crippen LogP contribution in [0.25, 0.3) is 22.1 Å². The minimum absolute atomic E-state index is 0.0639. The number of anilines is 1. The normalized spacial score (nSPS) is 13.5. The number of carboxylic acids is 1. The summed E-state index contributed by atoms with van der Waals surface area (Å²) < 4.78 is 15.9. The van der Waals surface area contributed by atoms with E-state index in [-0.39, 0.29) is 18.2 Å². The summed E-state index contributed by atoms with van der Waals surface area (Å²) in [6.07, 6.45) is 1.60. The smallest absolute Gasteiger partial charge is 0.313 e. The number of carboxylic acid groups (broad SMARTS) is 1. The van der Waals surface area contributed by atoms with E-state index in [4.69, 9.17) is 5.73 Å². The van der Waals surface area contributed by atoms with Gasteiger partial charge in [-0.2, -0.15) is 0 Å². The van der Waals surface area contributed by atoms with Gasteiger partial charge in [0.05, 0.1) is 12.1 Å². The molecular weight excluding hydrogens is 313 g/mol. The Hall–Kier alpha value is -2.77. The fourth-order valence-corrected chi connectivity index (χ4v) is 2.72. The fraction of sp³-hybridized carbons (Fsp3) is 0.375. The first-order chi connectivity index (χ1) is 11.2. The molecule has 0 radical (unpaired) electrons. The summed E-state index contributed by atoms with van der Waals surface area (Å²) in [5.74, 6) is -1.57. The number of halogens is 1. The van der Waals surface area contributed by atoms with Crippen molar-refractivity contribution in [2.75, 3.05) is 5.73 Å². The van der Waals surface area contributed by atoms with Crippen molar-refractivity contribution in [2.45, 2.75) is 38.9 Å². The Labute approximate surface area is 137 Å². The number of alkyl halides is 1. The maximum absolute atomic E-state index is 14.4. The van der Waals surface area contributed by atoms with Gasteiger partial charge >= 0.3 is 5.97 Å². The highest BCUT2D eigenvalue weighted by molar-refractivity contribution is 6.04. The lowest BCUT2D eigenvalue weighted by Crippen LogP contribution is -2.24. The second kappa shape index (κ2) is 5.40. The summed E-state index contributed by atoms with van der Waals surface area (Å²) in [7, 11) is 0. The van der Waals surface area contributed by atoms with Crippen molar-refractivity contribution in [3.05, 3.63) is 24.2 Å². The van der Waals surface area contributed by atoms with E-state index < -0.39 is 17.6 Å². The van der Waals surface area contributed by atoms with Crippen LogP contribution in [0.4, 0.5) is 10.2 Å². The molecule has 0 aromatic carbocycles. The number of imidazole rings is 1. The van der Waals surface area contributed by atoms with Gasteiger partial charge in [0.25, 0.3) is 0 Å². The first-order valence-corrected chi connectivity index (χ1v) is 7.51. The van der Waals surface area contributed by atoms with Gasteiger partial charge in [0.1, 0.15) is 34.0 Å². The standard InChI is InChI=1S/C16H18FN5O2/c1-8(15(23)24)14-21-11-12(22(14)7-16(2,3)17)10-9(20-13(11)18)5-4-6-19-10/h4-6,8H,7H2,1-3H3,(H2,18,20)(H,23,24). The highest BCUT2D eigenvalue weighted by Gasteiger charge is 2.28. The topological polar surface area (TPSA) is 107 Å². The summed E-state index contributed by atoms with van der Waals surface area (Å²) in [5, 5.41) is 9.36. The molecule has 1 atom stereocenters. The quantitative estimate of drug-likeness (QED) is 0.760. The van der Waals surface area contributed by atoms with Crippen LogP contribution in [-0.4, -0.2) is 36.3 Å². The molecule has 0 aliphatic rings. The summed E-state index contributed by atoms with van der Waals surface area (Å²) in [4.78, 5) is 24.4. The molecule has 0 bridgehead atoms. The van der Waals surface area contributed by atoms with E-state index in [0.717, 1.165) is 0 Å². The van der Waals surface area contributed by atoms with Crippen LogP contribution in [0.1, 0.15) is 32.5 Å². The van der Waals surface area contributed by atoms with Crippen LogP contribution in [0.15, 0.2) is 18.3 Å². The molecule has 3 aromatic rings. The van der Waals surface area contributed by atoms with Crippen LogP contribution < -0.4 is 5.73 Å². The molecule has 3 N–H and O–H groups in total. The van der Waals surface area contributed by atoms with Crippen LogP contribution in [-0.2, 0) is 11.3 Å². The molecule has 7 nitrogen and oxygen atoms in total.